The molecule has 0 saturated heterocycles. The van der Waals surface area contributed by atoms with Crippen LogP contribution in [0.3, 0.4) is 0 Å². The van der Waals surface area contributed by atoms with Gasteiger partial charge in [0, 0.05) is 12.4 Å². The molecule has 5 heteroatoms. The standard InChI is InChI=1S/C23H22N2O2S/c1-16-8-10-18(11-9-16)28(26,27)25-22(2)14-17-12-13-24-15-21(17)23(25,3)20-7-5-4-6-19(20)22/h4-13,15H,14H2,1-3H3. The maximum absolute atomic E-state index is 14.0. The van der Waals surface area contributed by atoms with Gasteiger partial charge in [-0.15, -0.1) is 0 Å². The number of aromatic nitrogens is 1. The summed E-state index contributed by atoms with van der Waals surface area (Å²) in [6, 6.07) is 17.2. The van der Waals surface area contributed by atoms with Gasteiger partial charge in [-0.05, 0) is 67.6 Å². The SMILES string of the molecule is Cc1ccc(S(=O)(=O)N2C3(C)Cc4ccncc4C2(C)c2ccccc23)cc1. The van der Waals surface area contributed by atoms with Crippen LogP contribution in [0.4, 0.5) is 0 Å². The lowest BCUT2D eigenvalue weighted by Gasteiger charge is -2.48. The molecule has 2 aliphatic rings. The first-order valence-electron chi connectivity index (χ1n) is 9.45. The number of hydrogen-bond acceptors (Lipinski definition) is 3. The number of benzene rings is 2. The van der Waals surface area contributed by atoms with Crippen LogP contribution < -0.4 is 0 Å². The molecule has 1 aromatic heterocycles. The van der Waals surface area contributed by atoms with Crippen LogP contribution in [-0.2, 0) is 27.5 Å². The molecule has 0 fully saturated rings. The van der Waals surface area contributed by atoms with Crippen molar-refractivity contribution in [1.29, 1.82) is 0 Å². The minimum Gasteiger partial charge on any atom is -0.264 e. The Bertz CT molecular complexity index is 1200. The van der Waals surface area contributed by atoms with Gasteiger partial charge in [0.1, 0.15) is 0 Å². The molecule has 3 heterocycles. The zero-order valence-electron chi connectivity index (χ0n) is 16.2. The molecule has 28 heavy (non-hydrogen) atoms. The zero-order valence-corrected chi connectivity index (χ0v) is 17.0. The van der Waals surface area contributed by atoms with Crippen molar-refractivity contribution in [3.63, 3.8) is 0 Å². The van der Waals surface area contributed by atoms with Gasteiger partial charge in [-0.3, -0.25) is 4.98 Å². The number of rotatable bonds is 2. The molecule has 0 radical (unpaired) electrons. The Morgan fingerprint density at radius 3 is 2.32 bits per heavy atom. The Morgan fingerprint density at radius 1 is 0.929 bits per heavy atom. The van der Waals surface area contributed by atoms with Crippen molar-refractivity contribution in [2.24, 2.45) is 0 Å². The van der Waals surface area contributed by atoms with Crippen molar-refractivity contribution in [1.82, 2.24) is 9.29 Å². The van der Waals surface area contributed by atoms with Gasteiger partial charge < -0.3 is 0 Å². The maximum Gasteiger partial charge on any atom is 0.245 e. The summed E-state index contributed by atoms with van der Waals surface area (Å²) in [5.41, 5.74) is 3.83. The number of hydrogen-bond donors (Lipinski definition) is 0. The quantitative estimate of drug-likeness (QED) is 0.661. The van der Waals surface area contributed by atoms with Gasteiger partial charge >= 0.3 is 0 Å². The third-order valence-corrected chi connectivity index (χ3v) is 8.53. The van der Waals surface area contributed by atoms with Crippen molar-refractivity contribution < 1.29 is 8.42 Å². The van der Waals surface area contributed by atoms with Crippen LogP contribution in [0.2, 0.25) is 0 Å². The predicted molar refractivity (Wildman–Crippen MR) is 108 cm³/mol. The molecule has 142 valence electrons. The molecule has 2 atom stereocenters. The van der Waals surface area contributed by atoms with E-state index in [1.807, 2.05) is 57.3 Å². The molecule has 2 aromatic carbocycles. The molecule has 2 bridgehead atoms. The average molecular weight is 391 g/mol. The van der Waals surface area contributed by atoms with E-state index in [1.54, 1.807) is 22.6 Å². The molecule has 0 spiro atoms. The second-order valence-electron chi connectivity index (χ2n) is 8.18. The Balaban J connectivity index is 1.84. The van der Waals surface area contributed by atoms with E-state index < -0.39 is 21.1 Å². The number of sulfonamides is 1. The fraction of sp³-hybridized carbons (Fsp3) is 0.261. The normalized spacial score (nSPS) is 26.0. The Labute approximate surface area is 165 Å². The summed E-state index contributed by atoms with van der Waals surface area (Å²) < 4.78 is 29.6. The van der Waals surface area contributed by atoms with Crippen molar-refractivity contribution in [3.8, 4) is 0 Å². The third-order valence-electron chi connectivity index (χ3n) is 6.42. The van der Waals surface area contributed by atoms with E-state index in [0.29, 0.717) is 11.3 Å². The predicted octanol–water partition coefficient (Wildman–Crippen LogP) is 4.13. The average Bonchev–Trinajstić information content (AvgIpc) is 2.83. The van der Waals surface area contributed by atoms with E-state index in [0.717, 1.165) is 27.8 Å². The molecule has 4 nitrogen and oxygen atoms in total. The highest BCUT2D eigenvalue weighted by Crippen LogP contribution is 2.60. The van der Waals surface area contributed by atoms with Gasteiger partial charge in [-0.1, -0.05) is 42.0 Å². The molecular weight excluding hydrogens is 368 g/mol. The number of aryl methyl sites for hydroxylation is 1. The molecule has 3 aromatic rings. The minimum absolute atomic E-state index is 0.329. The van der Waals surface area contributed by atoms with Crippen LogP contribution in [0, 0.1) is 6.92 Å². The second kappa shape index (κ2) is 5.52. The fourth-order valence-electron chi connectivity index (χ4n) is 5.22. The molecule has 5 rings (SSSR count). The summed E-state index contributed by atoms with van der Waals surface area (Å²) in [5.74, 6) is 0. The number of fused-ring (bicyclic) bond motifs is 7. The topological polar surface area (TPSA) is 50.3 Å². The molecular formula is C23H22N2O2S. The second-order valence-corrected chi connectivity index (χ2v) is 9.97. The van der Waals surface area contributed by atoms with Crippen LogP contribution >= 0.6 is 0 Å². The third kappa shape index (κ3) is 2.03. The highest BCUT2D eigenvalue weighted by Gasteiger charge is 2.63. The highest BCUT2D eigenvalue weighted by molar-refractivity contribution is 7.89. The van der Waals surface area contributed by atoms with Crippen molar-refractivity contribution >= 4 is 10.0 Å². The van der Waals surface area contributed by atoms with E-state index in [4.69, 9.17) is 0 Å². The first-order valence-corrected chi connectivity index (χ1v) is 10.9. The monoisotopic (exact) mass is 390 g/mol. The molecule has 2 unspecified atom stereocenters. The first-order chi connectivity index (χ1) is 13.3. The number of nitrogens with zero attached hydrogens (tertiary/aromatic N) is 2. The minimum atomic E-state index is -3.74. The van der Waals surface area contributed by atoms with Crippen LogP contribution in [0.25, 0.3) is 0 Å². The first kappa shape index (κ1) is 17.6. The smallest absolute Gasteiger partial charge is 0.245 e. The van der Waals surface area contributed by atoms with E-state index in [9.17, 15) is 8.42 Å². The summed E-state index contributed by atoms with van der Waals surface area (Å²) in [4.78, 5) is 4.66. The van der Waals surface area contributed by atoms with Crippen LogP contribution in [0.1, 0.15) is 41.7 Å². The maximum atomic E-state index is 14.0. The van der Waals surface area contributed by atoms with E-state index in [1.165, 1.54) is 0 Å². The summed E-state index contributed by atoms with van der Waals surface area (Å²) in [6.45, 7) is 6.02. The van der Waals surface area contributed by atoms with Crippen molar-refractivity contribution in [2.75, 3.05) is 0 Å². The molecule has 0 saturated carbocycles. The Kier molecular flexibility index (Phi) is 3.47. The Morgan fingerprint density at radius 2 is 1.61 bits per heavy atom. The zero-order chi connectivity index (χ0) is 19.7. The summed E-state index contributed by atoms with van der Waals surface area (Å²) >= 11 is 0. The van der Waals surface area contributed by atoms with Gasteiger partial charge in [0.25, 0.3) is 0 Å². The lowest BCUT2D eigenvalue weighted by molar-refractivity contribution is 0.126. The van der Waals surface area contributed by atoms with Crippen LogP contribution in [-0.4, -0.2) is 17.7 Å². The van der Waals surface area contributed by atoms with Gasteiger partial charge in [-0.2, -0.15) is 4.31 Å². The lowest BCUT2D eigenvalue weighted by Crippen LogP contribution is -2.56. The lowest BCUT2D eigenvalue weighted by atomic mass is 9.81. The van der Waals surface area contributed by atoms with E-state index in [-0.39, 0.29) is 0 Å². The van der Waals surface area contributed by atoms with Crippen LogP contribution in [0.15, 0.2) is 71.9 Å². The Hall–Kier alpha value is -2.50. The van der Waals surface area contributed by atoms with Gasteiger partial charge in [0.2, 0.25) is 10.0 Å². The van der Waals surface area contributed by atoms with E-state index >= 15 is 0 Å². The van der Waals surface area contributed by atoms with Gasteiger partial charge in [-0.25, -0.2) is 8.42 Å². The molecule has 0 aliphatic carbocycles. The highest BCUT2D eigenvalue weighted by atomic mass is 32.2. The molecule has 0 N–H and O–H groups in total. The van der Waals surface area contributed by atoms with Gasteiger partial charge in [0.05, 0.1) is 16.0 Å². The van der Waals surface area contributed by atoms with Crippen molar-refractivity contribution in [2.45, 2.75) is 43.2 Å². The van der Waals surface area contributed by atoms with Crippen molar-refractivity contribution in [3.05, 3.63) is 94.8 Å². The largest absolute Gasteiger partial charge is 0.264 e. The fourth-order valence-corrected chi connectivity index (χ4v) is 7.28. The summed E-state index contributed by atoms with van der Waals surface area (Å²) in [6.07, 6.45) is 4.25. The summed E-state index contributed by atoms with van der Waals surface area (Å²) in [7, 11) is -3.74. The number of pyridine rings is 1. The van der Waals surface area contributed by atoms with E-state index in [2.05, 4.69) is 17.1 Å². The molecule has 0 amide bonds. The summed E-state index contributed by atoms with van der Waals surface area (Å²) in [5, 5.41) is 0. The molecule has 2 aliphatic heterocycles. The van der Waals surface area contributed by atoms with Crippen LogP contribution in [0.5, 0.6) is 0 Å². The van der Waals surface area contributed by atoms with Gasteiger partial charge in [0.15, 0.2) is 0 Å².